The van der Waals surface area contributed by atoms with Gasteiger partial charge in [-0.3, -0.25) is 0 Å². The molecule has 2 atom stereocenters. The van der Waals surface area contributed by atoms with Gasteiger partial charge in [-0.05, 0) is 6.42 Å². The van der Waals surface area contributed by atoms with Crippen molar-refractivity contribution in [2.24, 2.45) is 0 Å². The maximum atomic E-state index is 6.11. The van der Waals surface area contributed by atoms with Crippen LogP contribution in [0.5, 0.6) is 0 Å². The zero-order chi connectivity index (χ0) is 13.1. The fraction of sp³-hybridized carbons (Fsp3) is 0.667. The van der Waals surface area contributed by atoms with Crippen molar-refractivity contribution < 1.29 is 9.47 Å². The summed E-state index contributed by atoms with van der Waals surface area (Å²) in [6.45, 7) is 3.57. The molecule has 1 fully saturated rings. The van der Waals surface area contributed by atoms with Crippen molar-refractivity contribution in [1.29, 1.82) is 0 Å². The number of methoxy groups -OCH3 is 2. The van der Waals surface area contributed by atoms with Crippen molar-refractivity contribution >= 4 is 17.4 Å². The van der Waals surface area contributed by atoms with E-state index in [0.717, 1.165) is 30.9 Å². The first kappa shape index (κ1) is 13.5. The predicted molar refractivity (Wildman–Crippen MR) is 70.2 cm³/mol. The summed E-state index contributed by atoms with van der Waals surface area (Å²) in [6.07, 6.45) is 2.43. The number of aromatic nitrogens is 2. The maximum Gasteiger partial charge on any atom is 0.137 e. The summed E-state index contributed by atoms with van der Waals surface area (Å²) >= 11 is 6.11. The number of hydrogen-bond acceptors (Lipinski definition) is 5. The monoisotopic (exact) mass is 271 g/mol. The van der Waals surface area contributed by atoms with E-state index in [2.05, 4.69) is 14.9 Å². The highest BCUT2D eigenvalue weighted by Crippen LogP contribution is 2.28. The topological polar surface area (TPSA) is 47.5 Å². The predicted octanol–water partition coefficient (Wildman–Crippen LogP) is 1.54. The second kappa shape index (κ2) is 5.82. The van der Waals surface area contributed by atoms with E-state index in [0.29, 0.717) is 5.15 Å². The Morgan fingerprint density at radius 2 is 1.89 bits per heavy atom. The fourth-order valence-corrected chi connectivity index (χ4v) is 2.59. The van der Waals surface area contributed by atoms with Crippen LogP contribution in [0.2, 0.25) is 5.15 Å². The molecule has 2 heterocycles. The Labute approximate surface area is 112 Å². The molecule has 1 aliphatic heterocycles. The van der Waals surface area contributed by atoms with Gasteiger partial charge in [0.15, 0.2) is 0 Å². The van der Waals surface area contributed by atoms with E-state index >= 15 is 0 Å². The molecule has 1 aromatic rings. The summed E-state index contributed by atoms with van der Waals surface area (Å²) in [5.41, 5.74) is 0.978. The summed E-state index contributed by atoms with van der Waals surface area (Å²) in [5, 5.41) is 0.525. The number of halogens is 1. The van der Waals surface area contributed by atoms with Crippen molar-refractivity contribution in [3.05, 3.63) is 17.0 Å². The second-order valence-electron chi connectivity index (χ2n) is 4.27. The first-order valence-electron chi connectivity index (χ1n) is 6.01. The van der Waals surface area contributed by atoms with Crippen LogP contribution in [0, 0.1) is 0 Å². The van der Waals surface area contributed by atoms with Crippen LogP contribution in [0.4, 0.5) is 5.82 Å². The van der Waals surface area contributed by atoms with Crippen molar-refractivity contribution in [3.8, 4) is 0 Å². The summed E-state index contributed by atoms with van der Waals surface area (Å²) in [7, 11) is 3.40. The third kappa shape index (κ3) is 2.43. The van der Waals surface area contributed by atoms with Gasteiger partial charge in [-0.2, -0.15) is 0 Å². The Morgan fingerprint density at radius 3 is 2.39 bits per heavy atom. The maximum absolute atomic E-state index is 6.11. The quantitative estimate of drug-likeness (QED) is 0.778. The zero-order valence-electron chi connectivity index (χ0n) is 10.9. The Kier molecular flexibility index (Phi) is 4.37. The molecule has 2 unspecified atom stereocenters. The first-order chi connectivity index (χ1) is 8.71. The van der Waals surface area contributed by atoms with E-state index in [1.807, 2.05) is 6.92 Å². The largest absolute Gasteiger partial charge is 0.377 e. The molecule has 1 saturated heterocycles. The Bertz CT molecular complexity index is 404. The molecule has 2 rings (SSSR count). The van der Waals surface area contributed by atoms with Crippen LogP contribution in [-0.4, -0.2) is 49.5 Å². The van der Waals surface area contributed by atoms with Gasteiger partial charge < -0.3 is 14.4 Å². The minimum atomic E-state index is 0.0634. The van der Waals surface area contributed by atoms with Gasteiger partial charge in [-0.1, -0.05) is 18.5 Å². The number of ether oxygens (including phenoxy) is 2. The van der Waals surface area contributed by atoms with E-state index in [4.69, 9.17) is 21.1 Å². The highest BCUT2D eigenvalue weighted by molar-refractivity contribution is 6.30. The highest BCUT2D eigenvalue weighted by atomic mass is 35.5. The molecule has 0 aromatic carbocycles. The van der Waals surface area contributed by atoms with Gasteiger partial charge in [0.05, 0.1) is 0 Å². The molecule has 18 heavy (non-hydrogen) atoms. The number of hydrogen-bond donors (Lipinski definition) is 0. The Morgan fingerprint density at radius 1 is 1.28 bits per heavy atom. The van der Waals surface area contributed by atoms with Gasteiger partial charge in [-0.25, -0.2) is 9.97 Å². The molecule has 1 aliphatic rings. The van der Waals surface area contributed by atoms with Gasteiger partial charge >= 0.3 is 0 Å². The van der Waals surface area contributed by atoms with Crippen molar-refractivity contribution in [1.82, 2.24) is 9.97 Å². The number of rotatable bonds is 4. The summed E-state index contributed by atoms with van der Waals surface area (Å²) in [4.78, 5) is 10.5. The molecule has 0 N–H and O–H groups in total. The molecular formula is C12H18ClN3O2. The molecule has 0 bridgehead atoms. The lowest BCUT2D eigenvalue weighted by atomic mass is 10.2. The molecule has 0 saturated carbocycles. The van der Waals surface area contributed by atoms with Gasteiger partial charge in [0, 0.05) is 32.9 Å². The number of nitrogens with zero attached hydrogens (tertiary/aromatic N) is 3. The van der Waals surface area contributed by atoms with E-state index in [1.54, 1.807) is 14.2 Å². The smallest absolute Gasteiger partial charge is 0.137 e. The average molecular weight is 272 g/mol. The van der Waals surface area contributed by atoms with Gasteiger partial charge in [0.1, 0.15) is 29.5 Å². The van der Waals surface area contributed by atoms with E-state index < -0.39 is 0 Å². The standard InChI is InChI=1S/C12H18ClN3O2/c1-4-8-11(13)14-7-15-12(8)16-5-9(17-2)10(6-16)18-3/h7,9-10H,4-6H2,1-3H3. The van der Waals surface area contributed by atoms with E-state index in [1.165, 1.54) is 6.33 Å². The normalized spacial score (nSPS) is 23.7. The zero-order valence-corrected chi connectivity index (χ0v) is 11.6. The summed E-state index contributed by atoms with van der Waals surface area (Å²) in [5.74, 6) is 0.888. The van der Waals surface area contributed by atoms with E-state index in [9.17, 15) is 0 Å². The third-order valence-corrected chi connectivity index (χ3v) is 3.67. The molecule has 100 valence electrons. The molecule has 0 aliphatic carbocycles. The van der Waals surface area contributed by atoms with Crippen LogP contribution in [-0.2, 0) is 15.9 Å². The van der Waals surface area contributed by atoms with Gasteiger partial charge in [0.25, 0.3) is 0 Å². The van der Waals surface area contributed by atoms with Crippen LogP contribution in [0.25, 0.3) is 0 Å². The first-order valence-corrected chi connectivity index (χ1v) is 6.39. The molecule has 1 aromatic heterocycles. The molecule has 6 heteroatoms. The molecule has 0 amide bonds. The molecular weight excluding hydrogens is 254 g/mol. The average Bonchev–Trinajstić information content (AvgIpc) is 2.81. The van der Waals surface area contributed by atoms with Crippen LogP contribution in [0.3, 0.4) is 0 Å². The molecule has 0 spiro atoms. The van der Waals surface area contributed by atoms with Gasteiger partial charge in [-0.15, -0.1) is 0 Å². The van der Waals surface area contributed by atoms with Crippen LogP contribution >= 0.6 is 11.6 Å². The van der Waals surface area contributed by atoms with E-state index in [-0.39, 0.29) is 12.2 Å². The lowest BCUT2D eigenvalue weighted by molar-refractivity contribution is -0.00461. The lowest BCUT2D eigenvalue weighted by Crippen LogP contribution is -2.27. The third-order valence-electron chi connectivity index (χ3n) is 3.34. The molecule has 0 radical (unpaired) electrons. The fourth-order valence-electron chi connectivity index (χ4n) is 2.33. The van der Waals surface area contributed by atoms with Gasteiger partial charge in [0.2, 0.25) is 0 Å². The second-order valence-corrected chi connectivity index (χ2v) is 4.63. The van der Waals surface area contributed by atoms with Crippen LogP contribution < -0.4 is 4.90 Å². The Balaban J connectivity index is 2.25. The number of anilines is 1. The highest BCUT2D eigenvalue weighted by Gasteiger charge is 2.34. The lowest BCUT2D eigenvalue weighted by Gasteiger charge is -2.19. The minimum absolute atomic E-state index is 0.0634. The van der Waals surface area contributed by atoms with Crippen LogP contribution in [0.1, 0.15) is 12.5 Å². The molecule has 5 nitrogen and oxygen atoms in total. The van der Waals surface area contributed by atoms with Crippen molar-refractivity contribution in [2.45, 2.75) is 25.6 Å². The van der Waals surface area contributed by atoms with Crippen molar-refractivity contribution in [3.63, 3.8) is 0 Å². The van der Waals surface area contributed by atoms with Crippen LogP contribution in [0.15, 0.2) is 6.33 Å². The SMILES string of the molecule is CCc1c(Cl)ncnc1N1CC(OC)C(OC)C1. The summed E-state index contributed by atoms with van der Waals surface area (Å²) in [6, 6.07) is 0. The minimum Gasteiger partial charge on any atom is -0.377 e. The van der Waals surface area contributed by atoms with Crippen molar-refractivity contribution in [2.75, 3.05) is 32.2 Å². The Hall–Kier alpha value is -0.910. The summed E-state index contributed by atoms with van der Waals surface area (Å²) < 4.78 is 10.9.